The molecule has 2 N–H and O–H groups in total. The van der Waals surface area contributed by atoms with Gasteiger partial charge >= 0.3 is 0 Å². The number of benzene rings is 2. The molecule has 0 aliphatic carbocycles. The molecule has 1 saturated heterocycles. The van der Waals surface area contributed by atoms with Crippen molar-refractivity contribution in [2.24, 2.45) is 4.99 Å². The minimum atomic E-state index is -0.564. The zero-order chi connectivity index (χ0) is 21.1. The molecule has 0 saturated carbocycles. The largest absolute Gasteiger partial charge is 0.495 e. The van der Waals surface area contributed by atoms with Crippen molar-refractivity contribution in [3.05, 3.63) is 59.7 Å². The lowest BCUT2D eigenvalue weighted by Crippen LogP contribution is -2.52. The van der Waals surface area contributed by atoms with Gasteiger partial charge in [0.2, 0.25) is 5.91 Å². The Bertz CT molecular complexity index is 993. The Hall–Kier alpha value is -3.19. The molecule has 30 heavy (non-hydrogen) atoms. The van der Waals surface area contributed by atoms with Gasteiger partial charge in [0, 0.05) is 31.5 Å². The van der Waals surface area contributed by atoms with Gasteiger partial charge in [-0.3, -0.25) is 19.5 Å². The zero-order valence-electron chi connectivity index (χ0n) is 17.3. The molecule has 1 spiro atoms. The molecule has 2 amide bonds. The van der Waals surface area contributed by atoms with E-state index in [2.05, 4.69) is 15.5 Å². The van der Waals surface area contributed by atoms with Crippen molar-refractivity contribution >= 4 is 23.2 Å². The predicted octanol–water partition coefficient (Wildman–Crippen LogP) is 2.35. The first-order valence-corrected chi connectivity index (χ1v) is 10.1. The van der Waals surface area contributed by atoms with Crippen LogP contribution < -0.4 is 15.4 Å². The summed E-state index contributed by atoms with van der Waals surface area (Å²) in [7, 11) is 1.58. The van der Waals surface area contributed by atoms with Crippen LogP contribution in [0.5, 0.6) is 5.75 Å². The van der Waals surface area contributed by atoms with E-state index in [0.717, 1.165) is 11.1 Å². The highest BCUT2D eigenvalue weighted by atomic mass is 16.5. The Morgan fingerprint density at radius 2 is 1.97 bits per heavy atom. The average molecular weight is 406 g/mol. The SMILES string of the molecule is COc1ccccc1NC(=O)CN1CCC2(CC1)N=C(c1cccc(C)c1)C(=O)N2. The summed E-state index contributed by atoms with van der Waals surface area (Å²) in [6, 6.07) is 15.2. The van der Waals surface area contributed by atoms with Crippen molar-refractivity contribution in [3.63, 3.8) is 0 Å². The van der Waals surface area contributed by atoms with Crippen LogP contribution in [-0.4, -0.2) is 54.8 Å². The molecule has 0 atom stereocenters. The Labute approximate surface area is 176 Å². The number of carbonyl (C=O) groups is 2. The highest BCUT2D eigenvalue weighted by Gasteiger charge is 2.42. The van der Waals surface area contributed by atoms with Gasteiger partial charge in [0.05, 0.1) is 19.3 Å². The van der Waals surface area contributed by atoms with Crippen LogP contribution in [-0.2, 0) is 9.59 Å². The highest BCUT2D eigenvalue weighted by molar-refractivity contribution is 6.46. The van der Waals surface area contributed by atoms with Gasteiger partial charge in [0.15, 0.2) is 0 Å². The molecule has 2 aromatic rings. The Morgan fingerprint density at radius 3 is 2.70 bits per heavy atom. The number of methoxy groups -OCH3 is 1. The van der Waals surface area contributed by atoms with E-state index in [0.29, 0.717) is 43.1 Å². The normalized spacial score (nSPS) is 18.1. The molecular formula is C23H26N4O3. The van der Waals surface area contributed by atoms with Crippen LogP contribution in [0.2, 0.25) is 0 Å². The average Bonchev–Trinajstić information content (AvgIpc) is 3.06. The summed E-state index contributed by atoms with van der Waals surface area (Å²) in [6.07, 6.45) is 1.35. The van der Waals surface area contributed by atoms with Crippen LogP contribution in [0.1, 0.15) is 24.0 Å². The molecule has 4 rings (SSSR count). The number of amides is 2. The number of likely N-dealkylation sites (tertiary alicyclic amines) is 1. The molecule has 0 radical (unpaired) electrons. The molecule has 2 aliphatic heterocycles. The van der Waals surface area contributed by atoms with Crippen molar-refractivity contribution in [2.75, 3.05) is 32.1 Å². The van der Waals surface area contributed by atoms with Crippen LogP contribution in [0.3, 0.4) is 0 Å². The standard InChI is InChI=1S/C23H26N4O3/c1-16-6-5-7-17(14-16)21-22(29)26-23(25-21)10-12-27(13-11-23)15-20(28)24-18-8-3-4-9-19(18)30-2/h3-9,14H,10-13,15H2,1-2H3,(H,24,28)(H,26,29). The number of nitrogens with one attached hydrogen (secondary N) is 2. The van der Waals surface area contributed by atoms with Gasteiger partial charge < -0.3 is 15.4 Å². The molecule has 0 bridgehead atoms. The maximum absolute atomic E-state index is 12.6. The summed E-state index contributed by atoms with van der Waals surface area (Å²) < 4.78 is 5.28. The molecule has 2 aliphatic rings. The minimum absolute atomic E-state index is 0.0881. The van der Waals surface area contributed by atoms with Gasteiger partial charge in [0.25, 0.3) is 5.91 Å². The molecule has 7 nitrogen and oxygen atoms in total. The molecule has 7 heteroatoms. The second-order valence-corrected chi connectivity index (χ2v) is 7.84. The number of nitrogens with zero attached hydrogens (tertiary/aromatic N) is 2. The molecule has 2 aromatic carbocycles. The number of aliphatic imine (C=N–C) groups is 1. The van der Waals surface area contributed by atoms with E-state index in [1.165, 1.54) is 0 Å². The highest BCUT2D eigenvalue weighted by Crippen LogP contribution is 2.29. The second kappa shape index (κ2) is 8.28. The van der Waals surface area contributed by atoms with Gasteiger partial charge in [-0.15, -0.1) is 0 Å². The lowest BCUT2D eigenvalue weighted by atomic mass is 9.98. The minimum Gasteiger partial charge on any atom is -0.495 e. The summed E-state index contributed by atoms with van der Waals surface area (Å²) in [4.78, 5) is 31.9. The fraction of sp³-hybridized carbons (Fsp3) is 0.348. The number of ether oxygens (including phenoxy) is 1. The third kappa shape index (κ3) is 4.21. The third-order valence-corrected chi connectivity index (χ3v) is 5.61. The van der Waals surface area contributed by atoms with E-state index in [-0.39, 0.29) is 18.4 Å². The Balaban J connectivity index is 1.37. The van der Waals surface area contributed by atoms with Crippen LogP contribution in [0, 0.1) is 6.92 Å². The third-order valence-electron chi connectivity index (χ3n) is 5.61. The number of para-hydroxylation sites is 2. The monoisotopic (exact) mass is 406 g/mol. The fourth-order valence-electron chi connectivity index (χ4n) is 4.01. The van der Waals surface area contributed by atoms with Gasteiger partial charge in [-0.05, 0) is 25.1 Å². The maximum Gasteiger partial charge on any atom is 0.272 e. The number of piperidine rings is 1. The lowest BCUT2D eigenvalue weighted by molar-refractivity contribution is -0.119. The topological polar surface area (TPSA) is 83.0 Å². The van der Waals surface area contributed by atoms with E-state index in [1.54, 1.807) is 7.11 Å². The number of aryl methyl sites for hydroxylation is 1. The quantitative estimate of drug-likeness (QED) is 0.799. The summed E-state index contributed by atoms with van der Waals surface area (Å²) in [5.41, 5.74) is 2.55. The van der Waals surface area contributed by atoms with Crippen LogP contribution in [0.25, 0.3) is 0 Å². The fourth-order valence-corrected chi connectivity index (χ4v) is 4.01. The molecule has 156 valence electrons. The number of rotatable bonds is 5. The first-order valence-electron chi connectivity index (χ1n) is 10.1. The van der Waals surface area contributed by atoms with E-state index < -0.39 is 5.66 Å². The number of carbonyl (C=O) groups excluding carboxylic acids is 2. The van der Waals surface area contributed by atoms with Crippen molar-refractivity contribution in [1.29, 1.82) is 0 Å². The maximum atomic E-state index is 12.6. The zero-order valence-corrected chi connectivity index (χ0v) is 17.3. The number of hydrogen-bond acceptors (Lipinski definition) is 5. The summed E-state index contributed by atoms with van der Waals surface area (Å²) in [5.74, 6) is 0.424. The van der Waals surface area contributed by atoms with Gasteiger partial charge in [-0.1, -0.05) is 35.9 Å². The molecular weight excluding hydrogens is 380 g/mol. The summed E-state index contributed by atoms with van der Waals surface area (Å²) >= 11 is 0. The molecule has 2 heterocycles. The van der Waals surface area contributed by atoms with E-state index >= 15 is 0 Å². The summed E-state index contributed by atoms with van der Waals surface area (Å²) in [6.45, 7) is 3.66. The number of hydrogen-bond donors (Lipinski definition) is 2. The summed E-state index contributed by atoms with van der Waals surface area (Å²) in [5, 5.41) is 5.99. The molecule has 1 fully saturated rings. The Kier molecular flexibility index (Phi) is 5.55. The van der Waals surface area contributed by atoms with E-state index in [4.69, 9.17) is 9.73 Å². The van der Waals surface area contributed by atoms with Gasteiger partial charge in [-0.25, -0.2) is 0 Å². The lowest BCUT2D eigenvalue weighted by Gasteiger charge is -2.36. The number of anilines is 1. The molecule has 0 aromatic heterocycles. The van der Waals surface area contributed by atoms with Crippen LogP contribution in [0.4, 0.5) is 5.69 Å². The first kappa shape index (κ1) is 20.1. The van der Waals surface area contributed by atoms with E-state index in [1.807, 2.05) is 55.5 Å². The molecule has 0 unspecified atom stereocenters. The predicted molar refractivity (Wildman–Crippen MR) is 116 cm³/mol. The van der Waals surface area contributed by atoms with E-state index in [9.17, 15) is 9.59 Å². The van der Waals surface area contributed by atoms with Crippen molar-refractivity contribution in [2.45, 2.75) is 25.4 Å². The van der Waals surface area contributed by atoms with Crippen LogP contribution >= 0.6 is 0 Å². The van der Waals surface area contributed by atoms with Gasteiger partial charge in [0.1, 0.15) is 17.1 Å². The van der Waals surface area contributed by atoms with Crippen molar-refractivity contribution in [3.8, 4) is 5.75 Å². The first-order chi connectivity index (χ1) is 14.5. The van der Waals surface area contributed by atoms with Crippen molar-refractivity contribution < 1.29 is 14.3 Å². The second-order valence-electron chi connectivity index (χ2n) is 7.84. The van der Waals surface area contributed by atoms with Gasteiger partial charge in [-0.2, -0.15) is 0 Å². The van der Waals surface area contributed by atoms with Crippen LogP contribution in [0.15, 0.2) is 53.5 Å². The smallest absolute Gasteiger partial charge is 0.272 e. The van der Waals surface area contributed by atoms with Crippen molar-refractivity contribution in [1.82, 2.24) is 10.2 Å². The Morgan fingerprint density at radius 1 is 1.20 bits per heavy atom.